The Labute approximate surface area is 187 Å². The van der Waals surface area contributed by atoms with Crippen LogP contribution in [0.25, 0.3) is 6.08 Å². The zero-order valence-corrected chi connectivity index (χ0v) is 18.9. The Hall–Kier alpha value is -2.58. The molecule has 0 saturated carbocycles. The van der Waals surface area contributed by atoms with Crippen LogP contribution in [-0.4, -0.2) is 35.2 Å². The normalized spacial score (nSPS) is 15.0. The Morgan fingerprint density at radius 3 is 2.73 bits per heavy atom. The van der Waals surface area contributed by atoms with Crippen LogP contribution in [0.4, 0.5) is 4.79 Å². The third kappa shape index (κ3) is 5.52. The van der Waals surface area contributed by atoms with Gasteiger partial charge in [0.25, 0.3) is 11.1 Å². The van der Waals surface area contributed by atoms with Gasteiger partial charge in [-0.05, 0) is 55.4 Å². The summed E-state index contributed by atoms with van der Waals surface area (Å²) in [5.41, 5.74) is 2.82. The van der Waals surface area contributed by atoms with Crippen molar-refractivity contribution in [1.82, 2.24) is 4.90 Å². The number of amides is 2. The smallest absolute Gasteiger partial charge is 0.326 e. The summed E-state index contributed by atoms with van der Waals surface area (Å²) in [6, 6.07) is 13.5. The summed E-state index contributed by atoms with van der Waals surface area (Å²) >= 11 is 4.21. The van der Waals surface area contributed by atoms with Crippen molar-refractivity contribution in [1.29, 1.82) is 0 Å². The lowest BCUT2D eigenvalue weighted by Gasteiger charge is -2.12. The van der Waals surface area contributed by atoms with E-state index >= 15 is 0 Å². The van der Waals surface area contributed by atoms with Crippen molar-refractivity contribution >= 4 is 50.9 Å². The summed E-state index contributed by atoms with van der Waals surface area (Å²) in [5.74, 6) is -0.565. The molecule has 0 N–H and O–H groups in total. The summed E-state index contributed by atoms with van der Waals surface area (Å²) in [4.78, 5) is 37.6. The van der Waals surface area contributed by atoms with Gasteiger partial charge in [0.2, 0.25) is 0 Å². The summed E-state index contributed by atoms with van der Waals surface area (Å²) in [6.07, 6.45) is 1.60. The maximum atomic E-state index is 12.6. The minimum atomic E-state index is -0.620. The van der Waals surface area contributed by atoms with E-state index in [1.54, 1.807) is 19.1 Å². The van der Waals surface area contributed by atoms with Gasteiger partial charge >= 0.3 is 5.97 Å². The van der Waals surface area contributed by atoms with Crippen LogP contribution in [0.5, 0.6) is 5.75 Å². The SMILES string of the molecule is CCOC(=O)CN1C(=O)SC(=Cc2cc(Br)ccc2OCc2cccc(C)c2)C1=O. The van der Waals surface area contributed by atoms with E-state index in [0.29, 0.717) is 17.9 Å². The topological polar surface area (TPSA) is 72.9 Å². The van der Waals surface area contributed by atoms with E-state index in [2.05, 4.69) is 15.9 Å². The average molecular weight is 490 g/mol. The molecular formula is C22H20BrNO5S. The average Bonchev–Trinajstić information content (AvgIpc) is 2.95. The summed E-state index contributed by atoms with van der Waals surface area (Å²) in [5, 5.41) is -0.503. The first-order valence-electron chi connectivity index (χ1n) is 9.26. The third-order valence-electron chi connectivity index (χ3n) is 4.20. The van der Waals surface area contributed by atoms with Gasteiger partial charge in [0.15, 0.2) is 0 Å². The van der Waals surface area contributed by atoms with Crippen molar-refractivity contribution in [3.63, 3.8) is 0 Å². The monoisotopic (exact) mass is 489 g/mol. The molecule has 0 aromatic heterocycles. The highest BCUT2D eigenvalue weighted by molar-refractivity contribution is 9.10. The number of ether oxygens (including phenoxy) is 2. The predicted molar refractivity (Wildman–Crippen MR) is 119 cm³/mol. The number of aryl methyl sites for hydroxylation is 1. The molecular weight excluding hydrogens is 470 g/mol. The number of imide groups is 1. The molecule has 2 aromatic carbocycles. The molecule has 0 atom stereocenters. The van der Waals surface area contributed by atoms with E-state index in [-0.39, 0.29) is 11.5 Å². The molecule has 30 heavy (non-hydrogen) atoms. The first kappa shape index (κ1) is 22.1. The summed E-state index contributed by atoms with van der Waals surface area (Å²) in [7, 11) is 0. The zero-order chi connectivity index (χ0) is 21.7. The van der Waals surface area contributed by atoms with Gasteiger partial charge in [-0.25, -0.2) is 0 Å². The highest BCUT2D eigenvalue weighted by atomic mass is 79.9. The van der Waals surface area contributed by atoms with Gasteiger partial charge in [0.05, 0.1) is 11.5 Å². The maximum absolute atomic E-state index is 12.6. The fraction of sp³-hybridized carbons (Fsp3) is 0.227. The summed E-state index contributed by atoms with van der Waals surface area (Å²) < 4.78 is 11.6. The number of carbonyl (C=O) groups excluding carboxylic acids is 3. The van der Waals surface area contributed by atoms with Crippen molar-refractivity contribution in [2.45, 2.75) is 20.5 Å². The zero-order valence-electron chi connectivity index (χ0n) is 16.5. The molecule has 0 bridgehead atoms. The lowest BCUT2D eigenvalue weighted by atomic mass is 10.1. The van der Waals surface area contributed by atoms with E-state index in [0.717, 1.165) is 32.3 Å². The van der Waals surface area contributed by atoms with Gasteiger partial charge in [-0.3, -0.25) is 19.3 Å². The van der Waals surface area contributed by atoms with Crippen LogP contribution in [0.1, 0.15) is 23.6 Å². The molecule has 2 amide bonds. The molecule has 8 heteroatoms. The highest BCUT2D eigenvalue weighted by Gasteiger charge is 2.36. The van der Waals surface area contributed by atoms with E-state index in [9.17, 15) is 14.4 Å². The van der Waals surface area contributed by atoms with E-state index in [1.807, 2.05) is 43.3 Å². The minimum Gasteiger partial charge on any atom is -0.488 e. The molecule has 3 rings (SSSR count). The second-order valence-corrected chi connectivity index (χ2v) is 8.44. The molecule has 1 fully saturated rings. The Morgan fingerprint density at radius 2 is 2.00 bits per heavy atom. The van der Waals surface area contributed by atoms with Crippen molar-refractivity contribution in [3.05, 3.63) is 68.5 Å². The summed E-state index contributed by atoms with van der Waals surface area (Å²) in [6.45, 7) is 3.84. The predicted octanol–water partition coefficient (Wildman–Crippen LogP) is 4.94. The van der Waals surface area contributed by atoms with Gasteiger partial charge < -0.3 is 9.47 Å². The van der Waals surface area contributed by atoms with Crippen molar-refractivity contribution < 1.29 is 23.9 Å². The molecule has 0 unspecified atom stereocenters. The highest BCUT2D eigenvalue weighted by Crippen LogP contribution is 2.35. The molecule has 1 aliphatic heterocycles. The fourth-order valence-electron chi connectivity index (χ4n) is 2.84. The lowest BCUT2D eigenvalue weighted by Crippen LogP contribution is -2.34. The van der Waals surface area contributed by atoms with Crippen LogP contribution in [0, 0.1) is 6.92 Å². The largest absolute Gasteiger partial charge is 0.488 e. The van der Waals surface area contributed by atoms with Crippen LogP contribution in [0.3, 0.4) is 0 Å². The Morgan fingerprint density at radius 1 is 1.20 bits per heavy atom. The van der Waals surface area contributed by atoms with Crippen molar-refractivity contribution in [3.8, 4) is 5.75 Å². The first-order valence-corrected chi connectivity index (χ1v) is 10.9. The van der Waals surface area contributed by atoms with Gasteiger partial charge in [0, 0.05) is 10.0 Å². The molecule has 6 nitrogen and oxygen atoms in total. The molecule has 1 heterocycles. The van der Waals surface area contributed by atoms with Crippen LogP contribution < -0.4 is 4.74 Å². The quantitative estimate of drug-likeness (QED) is 0.405. The number of hydrogen-bond donors (Lipinski definition) is 0. The standard InChI is InChI=1S/C22H20BrNO5S/c1-3-28-20(25)12-24-21(26)19(30-22(24)27)11-16-10-17(23)7-8-18(16)29-13-15-6-4-5-14(2)9-15/h4-11H,3,12-13H2,1-2H3. The number of halogens is 1. The van der Waals surface area contributed by atoms with E-state index < -0.39 is 23.7 Å². The fourth-order valence-corrected chi connectivity index (χ4v) is 4.05. The van der Waals surface area contributed by atoms with Crippen molar-refractivity contribution in [2.24, 2.45) is 0 Å². The number of hydrogen-bond acceptors (Lipinski definition) is 6. The number of carbonyl (C=O) groups is 3. The van der Waals surface area contributed by atoms with Gasteiger partial charge in [0.1, 0.15) is 18.9 Å². The number of thioether (sulfide) groups is 1. The van der Waals surface area contributed by atoms with Gasteiger partial charge in [-0.2, -0.15) is 0 Å². The first-order chi connectivity index (χ1) is 14.4. The number of benzene rings is 2. The molecule has 0 spiro atoms. The second-order valence-electron chi connectivity index (χ2n) is 6.53. The number of nitrogens with zero attached hydrogens (tertiary/aromatic N) is 1. The maximum Gasteiger partial charge on any atom is 0.326 e. The van der Waals surface area contributed by atoms with Crippen LogP contribution >= 0.6 is 27.7 Å². The second kappa shape index (κ2) is 9.95. The molecule has 1 aliphatic rings. The molecule has 0 aliphatic carbocycles. The Balaban J connectivity index is 1.80. The van der Waals surface area contributed by atoms with E-state index in [4.69, 9.17) is 9.47 Å². The number of rotatable bonds is 7. The molecule has 156 valence electrons. The number of esters is 1. The van der Waals surface area contributed by atoms with Gasteiger partial charge in [-0.15, -0.1) is 0 Å². The minimum absolute atomic E-state index is 0.185. The molecule has 0 radical (unpaired) electrons. The van der Waals surface area contributed by atoms with Crippen LogP contribution in [0.15, 0.2) is 51.8 Å². The molecule has 2 aromatic rings. The van der Waals surface area contributed by atoms with Crippen LogP contribution in [-0.2, 0) is 20.9 Å². The van der Waals surface area contributed by atoms with E-state index in [1.165, 1.54) is 0 Å². The third-order valence-corrected chi connectivity index (χ3v) is 5.60. The van der Waals surface area contributed by atoms with Crippen molar-refractivity contribution in [2.75, 3.05) is 13.2 Å². The Bertz CT molecular complexity index is 1020. The van der Waals surface area contributed by atoms with Gasteiger partial charge in [-0.1, -0.05) is 45.8 Å². The lowest BCUT2D eigenvalue weighted by molar-refractivity contribution is -0.145. The molecule has 1 saturated heterocycles. The van der Waals surface area contributed by atoms with Crippen LogP contribution in [0.2, 0.25) is 0 Å². The Kier molecular flexibility index (Phi) is 7.33.